The Balaban J connectivity index is 1.14. The van der Waals surface area contributed by atoms with Crippen molar-refractivity contribution in [3.63, 3.8) is 0 Å². The second kappa shape index (κ2) is 13.2. The predicted octanol–water partition coefficient (Wildman–Crippen LogP) is 14.5. The van der Waals surface area contributed by atoms with E-state index in [2.05, 4.69) is 228 Å². The highest BCUT2D eigenvalue weighted by molar-refractivity contribution is 6.12. The fourth-order valence-corrected chi connectivity index (χ4v) is 8.63. The number of benzene rings is 9. The van der Waals surface area contributed by atoms with Gasteiger partial charge in [0.2, 0.25) is 0 Å². The lowest BCUT2D eigenvalue weighted by molar-refractivity contribution is 1.18. The molecule has 262 valence electrons. The highest BCUT2D eigenvalue weighted by atomic mass is 15.0. The first-order valence-corrected chi connectivity index (χ1v) is 19.3. The topological polar surface area (TPSA) is 9.86 Å². The average molecular weight is 713 g/mol. The zero-order valence-corrected chi connectivity index (χ0v) is 30.7. The zero-order chi connectivity index (χ0) is 37.0. The van der Waals surface area contributed by atoms with Crippen molar-refractivity contribution in [1.29, 1.82) is 0 Å². The van der Waals surface area contributed by atoms with Crippen LogP contribution in [0.15, 0.2) is 218 Å². The van der Waals surface area contributed by atoms with Gasteiger partial charge in [0, 0.05) is 32.9 Å². The lowest BCUT2D eigenvalue weighted by Crippen LogP contribution is -1.96. The van der Waals surface area contributed by atoms with Gasteiger partial charge in [-0.05, 0) is 111 Å². The van der Waals surface area contributed by atoms with Gasteiger partial charge in [-0.2, -0.15) is 0 Å². The van der Waals surface area contributed by atoms with Crippen LogP contribution >= 0.6 is 0 Å². The standard InChI is InChI=1S/C54H36N2/c1-4-14-37(15-5-1)39-24-26-40(27-25-39)43-32-44(42-29-31-53-50(36-42)47-20-10-12-22-51(47)55(53)45-18-8-3-9-19-45)34-46(33-43)56-52-23-13-11-21-48(52)49-35-41(28-30-54(49)56)38-16-6-2-7-17-38/h1-36H. The molecule has 0 amide bonds. The van der Waals surface area contributed by atoms with Gasteiger partial charge >= 0.3 is 0 Å². The van der Waals surface area contributed by atoms with E-state index in [1.54, 1.807) is 0 Å². The van der Waals surface area contributed by atoms with E-state index in [1.165, 1.54) is 88.1 Å². The van der Waals surface area contributed by atoms with Gasteiger partial charge in [-0.3, -0.25) is 0 Å². The maximum atomic E-state index is 2.45. The second-order valence-corrected chi connectivity index (χ2v) is 14.6. The number of aromatic nitrogens is 2. The Morgan fingerprint density at radius 1 is 0.196 bits per heavy atom. The Morgan fingerprint density at radius 3 is 1.11 bits per heavy atom. The van der Waals surface area contributed by atoms with E-state index in [1.807, 2.05) is 0 Å². The van der Waals surface area contributed by atoms with Gasteiger partial charge in [0.15, 0.2) is 0 Å². The number of hydrogen-bond donors (Lipinski definition) is 0. The minimum atomic E-state index is 1.13. The summed E-state index contributed by atoms with van der Waals surface area (Å²) in [5.74, 6) is 0. The van der Waals surface area contributed by atoms with Crippen LogP contribution < -0.4 is 0 Å². The molecular weight excluding hydrogens is 677 g/mol. The molecule has 2 heteroatoms. The summed E-state index contributed by atoms with van der Waals surface area (Å²) >= 11 is 0. The van der Waals surface area contributed by atoms with E-state index in [-0.39, 0.29) is 0 Å². The summed E-state index contributed by atoms with van der Waals surface area (Å²) in [5, 5.41) is 4.98. The van der Waals surface area contributed by atoms with Crippen molar-refractivity contribution in [2.24, 2.45) is 0 Å². The van der Waals surface area contributed by atoms with Gasteiger partial charge in [0.25, 0.3) is 0 Å². The van der Waals surface area contributed by atoms with Crippen molar-refractivity contribution in [3.8, 4) is 55.9 Å². The normalized spacial score (nSPS) is 11.6. The van der Waals surface area contributed by atoms with Crippen molar-refractivity contribution in [2.45, 2.75) is 0 Å². The highest BCUT2D eigenvalue weighted by Crippen LogP contribution is 2.40. The first-order chi connectivity index (χ1) is 27.8. The molecule has 56 heavy (non-hydrogen) atoms. The predicted molar refractivity (Wildman–Crippen MR) is 237 cm³/mol. The van der Waals surface area contributed by atoms with E-state index < -0.39 is 0 Å². The van der Waals surface area contributed by atoms with Crippen molar-refractivity contribution in [1.82, 2.24) is 9.13 Å². The maximum Gasteiger partial charge on any atom is 0.0541 e. The molecule has 0 saturated heterocycles. The quantitative estimate of drug-likeness (QED) is 0.162. The number of fused-ring (bicyclic) bond motifs is 6. The molecule has 0 aliphatic carbocycles. The summed E-state index contributed by atoms with van der Waals surface area (Å²) in [6.45, 7) is 0. The molecule has 9 aromatic carbocycles. The third-order valence-electron chi connectivity index (χ3n) is 11.3. The summed E-state index contributed by atoms with van der Waals surface area (Å²) in [6, 6.07) is 79.5. The van der Waals surface area contributed by atoms with Gasteiger partial charge in [-0.1, -0.05) is 152 Å². The lowest BCUT2D eigenvalue weighted by atomic mass is 9.95. The van der Waals surface area contributed by atoms with Crippen LogP contribution in [0.5, 0.6) is 0 Å². The molecule has 0 spiro atoms. The van der Waals surface area contributed by atoms with Crippen LogP contribution in [-0.4, -0.2) is 9.13 Å². The summed E-state index contributed by atoms with van der Waals surface area (Å²) in [4.78, 5) is 0. The lowest BCUT2D eigenvalue weighted by Gasteiger charge is -2.15. The van der Waals surface area contributed by atoms with E-state index in [9.17, 15) is 0 Å². The van der Waals surface area contributed by atoms with Crippen LogP contribution in [0.3, 0.4) is 0 Å². The van der Waals surface area contributed by atoms with Crippen LogP contribution in [0, 0.1) is 0 Å². The summed E-state index contributed by atoms with van der Waals surface area (Å²) in [5.41, 5.74) is 16.7. The van der Waals surface area contributed by atoms with E-state index in [4.69, 9.17) is 0 Å². The third kappa shape index (κ3) is 5.34. The molecule has 0 N–H and O–H groups in total. The SMILES string of the molecule is c1ccc(-c2ccc(-c3cc(-c4ccc5c(c4)c4ccccc4n5-c4ccccc4)cc(-n4c5ccccc5c5cc(-c6ccccc6)ccc54)c3)cc2)cc1. The van der Waals surface area contributed by atoms with Crippen LogP contribution in [0.4, 0.5) is 0 Å². The van der Waals surface area contributed by atoms with Crippen molar-refractivity contribution >= 4 is 43.6 Å². The Bertz CT molecular complexity index is 3210. The fourth-order valence-electron chi connectivity index (χ4n) is 8.63. The largest absolute Gasteiger partial charge is 0.309 e. The van der Waals surface area contributed by atoms with Crippen molar-refractivity contribution in [2.75, 3.05) is 0 Å². The van der Waals surface area contributed by atoms with Crippen molar-refractivity contribution in [3.05, 3.63) is 218 Å². The molecule has 0 bridgehead atoms. The number of hydrogen-bond acceptors (Lipinski definition) is 0. The molecule has 11 rings (SSSR count). The van der Waals surface area contributed by atoms with Gasteiger partial charge in [0.05, 0.1) is 22.1 Å². The Morgan fingerprint density at radius 2 is 0.554 bits per heavy atom. The smallest absolute Gasteiger partial charge is 0.0541 e. The van der Waals surface area contributed by atoms with E-state index in [0.29, 0.717) is 0 Å². The van der Waals surface area contributed by atoms with Crippen molar-refractivity contribution < 1.29 is 0 Å². The molecular formula is C54H36N2. The summed E-state index contributed by atoms with van der Waals surface area (Å²) < 4.78 is 4.83. The van der Waals surface area contributed by atoms with Gasteiger partial charge in [-0.25, -0.2) is 0 Å². The molecule has 0 aliphatic heterocycles. The Labute approximate surface area is 325 Å². The molecule has 11 aromatic rings. The minimum Gasteiger partial charge on any atom is -0.309 e. The van der Waals surface area contributed by atoms with Gasteiger partial charge < -0.3 is 9.13 Å². The Hall–Kier alpha value is -7.42. The molecule has 0 saturated carbocycles. The Kier molecular flexibility index (Phi) is 7.53. The first kappa shape index (κ1) is 32.0. The molecule has 0 unspecified atom stereocenters. The molecule has 0 atom stereocenters. The molecule has 0 aliphatic rings. The summed E-state index contributed by atoms with van der Waals surface area (Å²) in [6.07, 6.45) is 0. The first-order valence-electron chi connectivity index (χ1n) is 19.3. The highest BCUT2D eigenvalue weighted by Gasteiger charge is 2.17. The monoisotopic (exact) mass is 712 g/mol. The van der Waals surface area contributed by atoms with Gasteiger partial charge in [0.1, 0.15) is 0 Å². The van der Waals surface area contributed by atoms with Crippen LogP contribution in [-0.2, 0) is 0 Å². The molecule has 2 nitrogen and oxygen atoms in total. The van der Waals surface area contributed by atoms with E-state index >= 15 is 0 Å². The average Bonchev–Trinajstić information content (AvgIpc) is 3.79. The van der Waals surface area contributed by atoms with Crippen LogP contribution in [0.25, 0.3) is 99.5 Å². The molecule has 0 fully saturated rings. The number of para-hydroxylation sites is 3. The maximum absolute atomic E-state index is 2.45. The van der Waals surface area contributed by atoms with Crippen LogP contribution in [0.1, 0.15) is 0 Å². The van der Waals surface area contributed by atoms with Crippen LogP contribution in [0.2, 0.25) is 0 Å². The van der Waals surface area contributed by atoms with Gasteiger partial charge in [-0.15, -0.1) is 0 Å². The molecule has 2 heterocycles. The number of rotatable bonds is 6. The second-order valence-electron chi connectivity index (χ2n) is 14.6. The molecule has 2 aromatic heterocycles. The zero-order valence-electron chi connectivity index (χ0n) is 30.7. The number of nitrogens with zero attached hydrogens (tertiary/aromatic N) is 2. The summed E-state index contributed by atoms with van der Waals surface area (Å²) in [7, 11) is 0. The fraction of sp³-hybridized carbons (Fsp3) is 0. The minimum absolute atomic E-state index is 1.13. The van der Waals surface area contributed by atoms with E-state index in [0.717, 1.165) is 11.4 Å². The molecule has 0 radical (unpaired) electrons. The third-order valence-corrected chi connectivity index (χ3v) is 11.3.